The molecule has 0 radical (unpaired) electrons. The van der Waals surface area contributed by atoms with Gasteiger partial charge in [0.05, 0.1) is 12.1 Å². The highest BCUT2D eigenvalue weighted by atomic mass is 16.3. The summed E-state index contributed by atoms with van der Waals surface area (Å²) in [5, 5.41) is 12.8. The fourth-order valence-corrected chi connectivity index (χ4v) is 2.72. The highest BCUT2D eigenvalue weighted by molar-refractivity contribution is 5.82. The quantitative estimate of drug-likeness (QED) is 0.716. The highest BCUT2D eigenvalue weighted by Crippen LogP contribution is 2.15. The molecule has 2 rings (SSSR count). The summed E-state index contributed by atoms with van der Waals surface area (Å²) in [6.07, 6.45) is 7.11. The van der Waals surface area contributed by atoms with E-state index in [2.05, 4.69) is 5.32 Å². The summed E-state index contributed by atoms with van der Waals surface area (Å²) in [5.41, 5.74) is 0. The van der Waals surface area contributed by atoms with Gasteiger partial charge in [-0.1, -0.05) is 19.3 Å². The van der Waals surface area contributed by atoms with Gasteiger partial charge in [-0.15, -0.1) is 0 Å². The van der Waals surface area contributed by atoms with Crippen molar-refractivity contribution < 1.29 is 9.90 Å². The van der Waals surface area contributed by atoms with Crippen LogP contribution in [-0.2, 0) is 4.79 Å². The Labute approximate surface area is 103 Å². The van der Waals surface area contributed by atoms with E-state index < -0.39 is 0 Å². The third-order valence-electron chi connectivity index (χ3n) is 3.88. The van der Waals surface area contributed by atoms with Gasteiger partial charge in [0.15, 0.2) is 0 Å². The highest BCUT2D eigenvalue weighted by Gasteiger charge is 2.27. The molecular formula is C13H24N2O2. The van der Waals surface area contributed by atoms with Crippen LogP contribution in [0.3, 0.4) is 0 Å². The van der Waals surface area contributed by atoms with Gasteiger partial charge in [-0.25, -0.2) is 0 Å². The zero-order valence-corrected chi connectivity index (χ0v) is 10.5. The second-order valence-electron chi connectivity index (χ2n) is 5.27. The van der Waals surface area contributed by atoms with Gasteiger partial charge in [0.1, 0.15) is 0 Å². The topological polar surface area (TPSA) is 52.6 Å². The van der Waals surface area contributed by atoms with Gasteiger partial charge in [0.2, 0.25) is 5.91 Å². The number of nitrogens with zero attached hydrogens (tertiary/aromatic N) is 1. The number of piperidine rings is 1. The molecule has 98 valence electrons. The molecule has 2 heterocycles. The molecule has 2 aliphatic heterocycles. The first kappa shape index (κ1) is 12.8. The maximum Gasteiger partial charge on any atom is 0.239 e. The van der Waals surface area contributed by atoms with Crippen molar-refractivity contribution in [2.45, 2.75) is 57.1 Å². The molecule has 1 atom stereocenters. The Morgan fingerprint density at radius 3 is 2.53 bits per heavy atom. The maximum absolute atomic E-state index is 12.3. The third-order valence-corrected chi connectivity index (χ3v) is 3.88. The summed E-state index contributed by atoms with van der Waals surface area (Å²) < 4.78 is 0. The number of hydrogen-bond donors (Lipinski definition) is 2. The van der Waals surface area contributed by atoms with E-state index in [1.807, 2.05) is 4.90 Å². The fourth-order valence-electron chi connectivity index (χ4n) is 2.72. The summed E-state index contributed by atoms with van der Waals surface area (Å²) in [6, 6.07) is 0.0190. The van der Waals surface area contributed by atoms with E-state index in [9.17, 15) is 9.90 Å². The Kier molecular flexibility index (Phi) is 4.80. The van der Waals surface area contributed by atoms with Gasteiger partial charge in [-0.05, 0) is 32.2 Å². The Hall–Kier alpha value is -0.610. The van der Waals surface area contributed by atoms with Gasteiger partial charge in [-0.2, -0.15) is 0 Å². The van der Waals surface area contributed by atoms with E-state index in [1.54, 1.807) is 0 Å². The lowest BCUT2D eigenvalue weighted by atomic mass is 10.0. The van der Waals surface area contributed by atoms with Crippen LogP contribution in [0.1, 0.15) is 44.9 Å². The van der Waals surface area contributed by atoms with Gasteiger partial charge >= 0.3 is 0 Å². The molecule has 2 N–H and O–H groups in total. The van der Waals surface area contributed by atoms with E-state index >= 15 is 0 Å². The van der Waals surface area contributed by atoms with Crippen LogP contribution in [0.2, 0.25) is 0 Å². The van der Waals surface area contributed by atoms with Crippen molar-refractivity contribution in [2.75, 3.05) is 19.6 Å². The van der Waals surface area contributed by atoms with Crippen LogP contribution in [-0.4, -0.2) is 47.7 Å². The van der Waals surface area contributed by atoms with Gasteiger partial charge in [-0.3, -0.25) is 4.79 Å². The molecule has 2 fully saturated rings. The second-order valence-corrected chi connectivity index (χ2v) is 5.27. The predicted octanol–water partition coefficient (Wildman–Crippen LogP) is 0.892. The monoisotopic (exact) mass is 240 g/mol. The molecule has 17 heavy (non-hydrogen) atoms. The Balaban J connectivity index is 1.84. The standard InChI is InChI=1S/C13H24N2O2/c16-11-6-9-15(10-7-11)13(17)12-5-3-1-2-4-8-14-12/h11-12,14,16H,1-10H2. The minimum atomic E-state index is -0.204. The van der Waals surface area contributed by atoms with Gasteiger partial charge in [0.25, 0.3) is 0 Å². The zero-order valence-electron chi connectivity index (χ0n) is 10.5. The van der Waals surface area contributed by atoms with Gasteiger partial charge < -0.3 is 15.3 Å². The Morgan fingerprint density at radius 2 is 1.76 bits per heavy atom. The number of aliphatic hydroxyl groups is 1. The second kappa shape index (κ2) is 6.36. The maximum atomic E-state index is 12.3. The first-order valence-electron chi connectivity index (χ1n) is 6.97. The van der Waals surface area contributed by atoms with Crippen LogP contribution < -0.4 is 5.32 Å². The number of carbonyl (C=O) groups is 1. The van der Waals surface area contributed by atoms with Crippen LogP contribution in [0.15, 0.2) is 0 Å². The SMILES string of the molecule is O=C(C1CCCCCCN1)N1CCC(O)CC1. The minimum Gasteiger partial charge on any atom is -0.393 e. The average Bonchev–Trinajstić information content (AvgIpc) is 2.29. The number of amides is 1. The van der Waals surface area contributed by atoms with Crippen molar-refractivity contribution >= 4 is 5.91 Å². The van der Waals surface area contributed by atoms with Crippen molar-refractivity contribution in [3.8, 4) is 0 Å². The number of hydrogen-bond acceptors (Lipinski definition) is 3. The smallest absolute Gasteiger partial charge is 0.239 e. The lowest BCUT2D eigenvalue weighted by Gasteiger charge is -2.33. The fraction of sp³-hybridized carbons (Fsp3) is 0.923. The molecule has 2 saturated heterocycles. The lowest BCUT2D eigenvalue weighted by Crippen LogP contribution is -2.50. The van der Waals surface area contributed by atoms with Crippen molar-refractivity contribution in [1.29, 1.82) is 0 Å². The molecule has 0 spiro atoms. The largest absolute Gasteiger partial charge is 0.393 e. The van der Waals surface area contributed by atoms with Crippen LogP contribution in [0, 0.1) is 0 Å². The van der Waals surface area contributed by atoms with Crippen molar-refractivity contribution in [2.24, 2.45) is 0 Å². The molecule has 4 nitrogen and oxygen atoms in total. The first-order valence-corrected chi connectivity index (χ1v) is 6.97. The summed E-state index contributed by atoms with van der Waals surface area (Å²) >= 11 is 0. The van der Waals surface area contributed by atoms with E-state index in [1.165, 1.54) is 19.3 Å². The molecule has 0 bridgehead atoms. The number of nitrogens with one attached hydrogen (secondary N) is 1. The van der Waals surface area contributed by atoms with Crippen LogP contribution in [0.25, 0.3) is 0 Å². The van der Waals surface area contributed by atoms with Crippen LogP contribution in [0.4, 0.5) is 0 Å². The molecule has 4 heteroatoms. The van der Waals surface area contributed by atoms with Crippen molar-refractivity contribution in [3.63, 3.8) is 0 Å². The Morgan fingerprint density at radius 1 is 1.06 bits per heavy atom. The summed E-state index contributed by atoms with van der Waals surface area (Å²) in [4.78, 5) is 14.2. The van der Waals surface area contributed by atoms with Crippen LogP contribution >= 0.6 is 0 Å². The first-order chi connectivity index (χ1) is 8.27. The predicted molar refractivity (Wildman–Crippen MR) is 66.7 cm³/mol. The number of carbonyl (C=O) groups excluding carboxylic acids is 1. The molecule has 0 aromatic rings. The molecule has 0 aliphatic carbocycles. The number of likely N-dealkylation sites (tertiary alicyclic amines) is 1. The van der Waals surface area contributed by atoms with Crippen molar-refractivity contribution in [1.82, 2.24) is 10.2 Å². The van der Waals surface area contributed by atoms with Crippen LogP contribution in [0.5, 0.6) is 0 Å². The minimum absolute atomic E-state index is 0.0190. The zero-order chi connectivity index (χ0) is 12.1. The summed E-state index contributed by atoms with van der Waals surface area (Å²) in [5.74, 6) is 0.249. The molecule has 0 aromatic carbocycles. The molecular weight excluding hydrogens is 216 g/mol. The van der Waals surface area contributed by atoms with Crippen molar-refractivity contribution in [3.05, 3.63) is 0 Å². The number of rotatable bonds is 1. The molecule has 1 unspecified atom stereocenters. The molecule has 0 saturated carbocycles. The van der Waals surface area contributed by atoms with Gasteiger partial charge in [0, 0.05) is 13.1 Å². The lowest BCUT2D eigenvalue weighted by molar-refractivity contribution is -0.135. The Bertz CT molecular complexity index is 242. The molecule has 2 aliphatic rings. The number of aliphatic hydroxyl groups excluding tert-OH is 1. The molecule has 0 aromatic heterocycles. The normalized spacial score (nSPS) is 28.5. The third kappa shape index (κ3) is 3.68. The summed E-state index contributed by atoms with van der Waals surface area (Å²) in [6.45, 7) is 2.41. The molecule has 1 amide bonds. The summed E-state index contributed by atoms with van der Waals surface area (Å²) in [7, 11) is 0. The van der Waals surface area contributed by atoms with E-state index in [0.29, 0.717) is 0 Å². The van der Waals surface area contributed by atoms with E-state index in [0.717, 1.165) is 45.3 Å². The van der Waals surface area contributed by atoms with E-state index in [4.69, 9.17) is 0 Å². The average molecular weight is 240 g/mol. The van der Waals surface area contributed by atoms with E-state index in [-0.39, 0.29) is 18.1 Å².